The molecule has 0 rings (SSSR count). The summed E-state index contributed by atoms with van der Waals surface area (Å²) in [6.07, 6.45) is -2.27. The van der Waals surface area contributed by atoms with E-state index in [2.05, 4.69) is 14.2 Å². The first-order valence-electron chi connectivity index (χ1n) is 3.64. The van der Waals surface area contributed by atoms with Crippen LogP contribution >= 0.6 is 0 Å². The Morgan fingerprint density at radius 2 is 1.71 bits per heavy atom. The summed E-state index contributed by atoms with van der Waals surface area (Å²) >= 11 is 0. The van der Waals surface area contributed by atoms with Gasteiger partial charge in [0, 0.05) is 7.11 Å². The molecule has 0 fully saturated rings. The molecule has 0 aliphatic carbocycles. The lowest BCUT2D eigenvalue weighted by molar-refractivity contribution is -0.156. The Bertz CT molecular complexity index is 222. The van der Waals surface area contributed by atoms with Gasteiger partial charge in [-0.25, -0.2) is 4.79 Å². The summed E-state index contributed by atoms with van der Waals surface area (Å²) in [5, 5.41) is 8.01. The molecule has 0 aromatic rings. The summed E-state index contributed by atoms with van der Waals surface area (Å²) < 4.78 is 12.6. The standard InChI is InChI=1S/C7H10O7/c1-12-4-13-5(8)2-3-6(9)14-7(10)11/h2-4H2,1H3,(H,10,11). The summed E-state index contributed by atoms with van der Waals surface area (Å²) in [4.78, 5) is 31.2. The Kier molecular flexibility index (Phi) is 6.04. The van der Waals surface area contributed by atoms with Crippen LogP contribution in [0.4, 0.5) is 4.79 Å². The van der Waals surface area contributed by atoms with E-state index in [1.165, 1.54) is 7.11 Å². The van der Waals surface area contributed by atoms with Crippen LogP contribution < -0.4 is 0 Å². The van der Waals surface area contributed by atoms with Gasteiger partial charge in [0.2, 0.25) is 0 Å². The van der Waals surface area contributed by atoms with E-state index in [0.29, 0.717) is 0 Å². The summed E-state index contributed by atoms with van der Waals surface area (Å²) in [6, 6.07) is 0. The number of rotatable bonds is 5. The van der Waals surface area contributed by atoms with Crippen LogP contribution in [0.2, 0.25) is 0 Å². The van der Waals surface area contributed by atoms with Gasteiger partial charge < -0.3 is 19.3 Å². The predicted molar refractivity (Wildman–Crippen MR) is 41.3 cm³/mol. The maximum absolute atomic E-state index is 10.7. The quantitative estimate of drug-likeness (QED) is 0.387. The second kappa shape index (κ2) is 6.84. The van der Waals surface area contributed by atoms with Crippen molar-refractivity contribution in [1.82, 2.24) is 0 Å². The molecule has 0 atom stereocenters. The average molecular weight is 206 g/mol. The molecule has 0 aliphatic heterocycles. The van der Waals surface area contributed by atoms with Gasteiger partial charge in [0.25, 0.3) is 0 Å². The van der Waals surface area contributed by atoms with E-state index in [9.17, 15) is 14.4 Å². The van der Waals surface area contributed by atoms with E-state index in [0.717, 1.165) is 0 Å². The van der Waals surface area contributed by atoms with E-state index in [-0.39, 0.29) is 19.6 Å². The van der Waals surface area contributed by atoms with Crippen LogP contribution in [0, 0.1) is 0 Å². The lowest BCUT2D eigenvalue weighted by atomic mass is 10.3. The minimum absolute atomic E-state index is 0.202. The monoisotopic (exact) mass is 206 g/mol. The van der Waals surface area contributed by atoms with Gasteiger partial charge in [0.15, 0.2) is 6.79 Å². The third kappa shape index (κ3) is 7.04. The molecule has 0 aliphatic rings. The van der Waals surface area contributed by atoms with Gasteiger partial charge in [-0.1, -0.05) is 0 Å². The molecule has 1 N–H and O–H groups in total. The molecule has 0 saturated carbocycles. The van der Waals surface area contributed by atoms with Crippen molar-refractivity contribution < 1.29 is 33.7 Å². The Hall–Kier alpha value is -1.63. The van der Waals surface area contributed by atoms with Gasteiger partial charge in [0.05, 0.1) is 12.8 Å². The van der Waals surface area contributed by atoms with Gasteiger partial charge in [-0.3, -0.25) is 9.59 Å². The molecule has 0 amide bonds. The van der Waals surface area contributed by atoms with Crippen molar-refractivity contribution in [3.63, 3.8) is 0 Å². The highest BCUT2D eigenvalue weighted by Crippen LogP contribution is 1.96. The highest BCUT2D eigenvalue weighted by atomic mass is 16.7. The number of hydrogen-bond acceptors (Lipinski definition) is 6. The topological polar surface area (TPSA) is 99.1 Å². The zero-order valence-corrected chi connectivity index (χ0v) is 7.52. The van der Waals surface area contributed by atoms with Crippen LogP contribution in [-0.4, -0.2) is 37.1 Å². The fourth-order valence-corrected chi connectivity index (χ4v) is 0.549. The van der Waals surface area contributed by atoms with Gasteiger partial charge in [-0.15, -0.1) is 0 Å². The van der Waals surface area contributed by atoms with Crippen molar-refractivity contribution in [2.75, 3.05) is 13.9 Å². The summed E-state index contributed by atoms with van der Waals surface area (Å²) in [5.74, 6) is -1.65. The zero-order chi connectivity index (χ0) is 11.0. The Labute approximate surface area is 79.5 Å². The van der Waals surface area contributed by atoms with Crippen LogP contribution in [0.1, 0.15) is 12.8 Å². The lowest BCUT2D eigenvalue weighted by Gasteiger charge is -2.01. The molecule has 0 bridgehead atoms. The molecule has 0 radical (unpaired) electrons. The molecular formula is C7H10O7. The first-order valence-corrected chi connectivity index (χ1v) is 3.64. The van der Waals surface area contributed by atoms with E-state index in [1.54, 1.807) is 0 Å². The molecule has 80 valence electrons. The number of hydrogen-bond donors (Lipinski definition) is 1. The Morgan fingerprint density at radius 1 is 1.14 bits per heavy atom. The summed E-state index contributed by atoms with van der Waals surface area (Å²) in [7, 11) is 1.34. The van der Waals surface area contributed by atoms with Crippen LogP contribution in [-0.2, 0) is 23.8 Å². The number of carboxylic acid groups (broad SMARTS) is 1. The summed E-state index contributed by atoms with van der Waals surface area (Å²) in [6.45, 7) is -0.202. The van der Waals surface area contributed by atoms with E-state index < -0.39 is 18.1 Å². The first kappa shape index (κ1) is 12.4. The Balaban J connectivity index is 3.56. The van der Waals surface area contributed by atoms with Gasteiger partial charge in [-0.05, 0) is 0 Å². The largest absolute Gasteiger partial charge is 0.513 e. The van der Waals surface area contributed by atoms with Crippen LogP contribution in [0.25, 0.3) is 0 Å². The van der Waals surface area contributed by atoms with Crippen molar-refractivity contribution in [3.05, 3.63) is 0 Å². The van der Waals surface area contributed by atoms with Crippen molar-refractivity contribution >= 4 is 18.1 Å². The van der Waals surface area contributed by atoms with Crippen LogP contribution in [0.3, 0.4) is 0 Å². The first-order chi connectivity index (χ1) is 6.56. The number of methoxy groups -OCH3 is 1. The van der Waals surface area contributed by atoms with Crippen molar-refractivity contribution in [2.24, 2.45) is 0 Å². The highest BCUT2D eigenvalue weighted by Gasteiger charge is 2.11. The fraction of sp³-hybridized carbons (Fsp3) is 0.571. The lowest BCUT2D eigenvalue weighted by Crippen LogP contribution is -2.13. The number of ether oxygens (including phenoxy) is 3. The normalized spacial score (nSPS) is 9.21. The SMILES string of the molecule is COCOC(=O)CCC(=O)OC(=O)O. The van der Waals surface area contributed by atoms with E-state index in [1.807, 2.05) is 0 Å². The van der Waals surface area contributed by atoms with Gasteiger partial charge in [-0.2, -0.15) is 0 Å². The Morgan fingerprint density at radius 3 is 2.21 bits per heavy atom. The van der Waals surface area contributed by atoms with Gasteiger partial charge in [0.1, 0.15) is 0 Å². The molecular weight excluding hydrogens is 196 g/mol. The number of esters is 2. The maximum atomic E-state index is 10.7. The third-order valence-corrected chi connectivity index (χ3v) is 1.07. The second-order valence-corrected chi connectivity index (χ2v) is 2.16. The predicted octanol–water partition coefficient (Wildman–Crippen LogP) is 0.135. The van der Waals surface area contributed by atoms with Crippen molar-refractivity contribution in [1.29, 1.82) is 0 Å². The zero-order valence-electron chi connectivity index (χ0n) is 7.52. The molecule has 0 unspecified atom stereocenters. The smallest absolute Gasteiger partial charge is 0.449 e. The molecule has 0 saturated heterocycles. The third-order valence-electron chi connectivity index (χ3n) is 1.07. The van der Waals surface area contributed by atoms with E-state index >= 15 is 0 Å². The van der Waals surface area contributed by atoms with Crippen LogP contribution in [0.15, 0.2) is 0 Å². The molecule has 7 nitrogen and oxygen atoms in total. The van der Waals surface area contributed by atoms with E-state index in [4.69, 9.17) is 5.11 Å². The second-order valence-electron chi connectivity index (χ2n) is 2.16. The van der Waals surface area contributed by atoms with Crippen molar-refractivity contribution in [3.8, 4) is 0 Å². The van der Waals surface area contributed by atoms with Crippen molar-refractivity contribution in [2.45, 2.75) is 12.8 Å². The highest BCUT2D eigenvalue weighted by molar-refractivity contribution is 5.83. The average Bonchev–Trinajstić information content (AvgIpc) is 2.10. The molecule has 0 spiro atoms. The van der Waals surface area contributed by atoms with Gasteiger partial charge >= 0.3 is 18.1 Å². The number of carbonyl (C=O) groups excluding carboxylic acids is 2. The molecule has 14 heavy (non-hydrogen) atoms. The van der Waals surface area contributed by atoms with Crippen LogP contribution in [0.5, 0.6) is 0 Å². The molecule has 0 heterocycles. The fourth-order valence-electron chi connectivity index (χ4n) is 0.549. The summed E-state index contributed by atoms with van der Waals surface area (Å²) in [5.41, 5.74) is 0. The molecule has 0 aromatic heterocycles. The maximum Gasteiger partial charge on any atom is 0.513 e. The molecule has 7 heteroatoms. The minimum atomic E-state index is -1.69. The number of carbonyl (C=O) groups is 3. The molecule has 0 aromatic carbocycles. The minimum Gasteiger partial charge on any atom is -0.449 e.